The second-order valence-corrected chi connectivity index (χ2v) is 20.6. The van der Waals surface area contributed by atoms with E-state index in [1.807, 2.05) is 0 Å². The zero-order valence-corrected chi connectivity index (χ0v) is 37.5. The van der Waals surface area contributed by atoms with Gasteiger partial charge in [-0.2, -0.15) is 0 Å². The molecule has 3 nitrogen and oxygen atoms in total. The molecule has 0 N–H and O–H groups in total. The molecule has 13 rings (SSSR count). The first-order chi connectivity index (χ1) is 30.7. The van der Waals surface area contributed by atoms with Crippen LogP contribution in [0.25, 0.3) is 11.1 Å². The number of hydrogen-bond donors (Lipinski definition) is 0. The van der Waals surface area contributed by atoms with Crippen LogP contribution < -0.4 is 31.1 Å². The summed E-state index contributed by atoms with van der Waals surface area (Å²) >= 11 is 0. The van der Waals surface area contributed by atoms with Gasteiger partial charge in [0.05, 0.1) is 11.1 Å². The SMILES string of the molecule is Cc1cccc(N2c3cc(C)ccc3B3c4cccc5c4N(c4cc(N6c7ccc(-c8ccccc8)cc7C7(C)CCCCC67C)cc2c43)C2(C)CCCCC52c2ccccc2)c1. The van der Waals surface area contributed by atoms with Crippen molar-refractivity contribution in [1.82, 2.24) is 0 Å². The molecule has 4 unspecified atom stereocenters. The fourth-order valence-corrected chi connectivity index (χ4v) is 14.5. The minimum absolute atomic E-state index is 0.00773. The molecule has 4 aliphatic heterocycles. The minimum Gasteiger partial charge on any atom is -0.335 e. The summed E-state index contributed by atoms with van der Waals surface area (Å²) in [4.78, 5) is 8.41. The number of nitrogens with zero attached hydrogens (tertiary/aromatic N) is 3. The lowest BCUT2D eigenvalue weighted by atomic mass is 9.33. The van der Waals surface area contributed by atoms with Crippen LogP contribution in [0.1, 0.15) is 100.0 Å². The van der Waals surface area contributed by atoms with E-state index in [0.29, 0.717) is 0 Å². The third-order valence-corrected chi connectivity index (χ3v) is 17.6. The van der Waals surface area contributed by atoms with Crippen molar-refractivity contribution in [3.05, 3.63) is 179 Å². The standard InChI is InChI=1S/C59H56BN3/c1-39-18-16-23-44(34-39)61-51-35-40(2)26-28-48(51)60-49-25-17-24-46-55(49)63(58(5)32-14-15-33-59(46,58)43-21-10-7-11-22-43)53-38-45(37-52(61)54(53)60)62-50-29-27-42(41-19-8-6-9-20-41)36-47(50)56(3)30-12-13-31-57(56,62)4/h6-11,16-29,34-38H,12-15,30-33H2,1-5H3. The smallest absolute Gasteiger partial charge is 0.252 e. The van der Waals surface area contributed by atoms with Crippen LogP contribution in [0, 0.1) is 13.8 Å². The topological polar surface area (TPSA) is 9.72 Å². The lowest BCUT2D eigenvalue weighted by Gasteiger charge is -2.54. The molecule has 310 valence electrons. The van der Waals surface area contributed by atoms with Gasteiger partial charge in [-0.15, -0.1) is 0 Å². The highest BCUT2D eigenvalue weighted by Gasteiger charge is 2.64. The number of aryl methyl sites for hydroxylation is 2. The number of fused-ring (bicyclic) bond motifs is 10. The van der Waals surface area contributed by atoms with Gasteiger partial charge < -0.3 is 14.7 Å². The van der Waals surface area contributed by atoms with Crippen LogP contribution in [0.4, 0.5) is 39.8 Å². The zero-order valence-electron chi connectivity index (χ0n) is 37.5. The Kier molecular flexibility index (Phi) is 7.77. The lowest BCUT2D eigenvalue weighted by Crippen LogP contribution is -2.65. The maximum Gasteiger partial charge on any atom is 0.252 e. The van der Waals surface area contributed by atoms with E-state index in [1.54, 1.807) is 0 Å². The van der Waals surface area contributed by atoms with Crippen LogP contribution in [-0.2, 0) is 10.8 Å². The van der Waals surface area contributed by atoms with Gasteiger partial charge in [0.2, 0.25) is 0 Å². The van der Waals surface area contributed by atoms with Crippen LogP contribution in [0.3, 0.4) is 0 Å². The second kappa shape index (κ2) is 13.0. The molecule has 4 atom stereocenters. The first-order valence-corrected chi connectivity index (χ1v) is 23.8. The molecule has 63 heavy (non-hydrogen) atoms. The zero-order chi connectivity index (χ0) is 42.5. The fraction of sp³-hybridized carbons (Fsp3) is 0.288. The largest absolute Gasteiger partial charge is 0.335 e. The van der Waals surface area contributed by atoms with Crippen molar-refractivity contribution < 1.29 is 0 Å². The Labute approximate surface area is 374 Å². The summed E-state index contributed by atoms with van der Waals surface area (Å²) in [6, 6.07) is 59.3. The van der Waals surface area contributed by atoms with Gasteiger partial charge in [-0.1, -0.05) is 142 Å². The summed E-state index contributed by atoms with van der Waals surface area (Å²) in [6.07, 6.45) is 9.60. The molecule has 2 aliphatic carbocycles. The van der Waals surface area contributed by atoms with E-state index in [1.165, 1.54) is 127 Å². The van der Waals surface area contributed by atoms with Crippen molar-refractivity contribution in [1.29, 1.82) is 0 Å². The van der Waals surface area contributed by atoms with Crippen LogP contribution in [0.2, 0.25) is 0 Å². The Balaban J connectivity index is 1.14. The Morgan fingerprint density at radius 1 is 0.460 bits per heavy atom. The number of para-hydroxylation sites is 1. The quantitative estimate of drug-likeness (QED) is 0.164. The van der Waals surface area contributed by atoms with Gasteiger partial charge in [0, 0.05) is 50.6 Å². The van der Waals surface area contributed by atoms with Gasteiger partial charge in [-0.25, -0.2) is 0 Å². The summed E-state index contributed by atoms with van der Waals surface area (Å²) in [6.45, 7) is 12.4. The lowest BCUT2D eigenvalue weighted by molar-refractivity contribution is 0.195. The van der Waals surface area contributed by atoms with Gasteiger partial charge in [0.15, 0.2) is 0 Å². The highest BCUT2D eigenvalue weighted by molar-refractivity contribution is 7.00. The van der Waals surface area contributed by atoms with E-state index in [9.17, 15) is 0 Å². The maximum absolute atomic E-state index is 2.92. The van der Waals surface area contributed by atoms with E-state index in [-0.39, 0.29) is 28.6 Å². The molecule has 0 amide bonds. The second-order valence-electron chi connectivity index (χ2n) is 20.6. The van der Waals surface area contributed by atoms with Crippen molar-refractivity contribution in [3.8, 4) is 11.1 Å². The number of benzene rings is 7. The summed E-state index contributed by atoms with van der Waals surface area (Å²) < 4.78 is 0. The number of rotatable bonds is 4. The molecule has 2 saturated carbocycles. The van der Waals surface area contributed by atoms with Crippen molar-refractivity contribution in [2.45, 2.75) is 108 Å². The van der Waals surface area contributed by atoms with Gasteiger partial charge in [0.1, 0.15) is 0 Å². The molecule has 0 bridgehead atoms. The molecule has 0 aromatic heterocycles. The Hall–Kier alpha value is -6.00. The Bertz CT molecular complexity index is 3030. The summed E-state index contributed by atoms with van der Waals surface area (Å²) in [5.41, 5.74) is 22.9. The fourth-order valence-electron chi connectivity index (χ4n) is 14.5. The third kappa shape index (κ3) is 4.72. The van der Waals surface area contributed by atoms with Crippen LogP contribution in [0.5, 0.6) is 0 Å². The van der Waals surface area contributed by atoms with Crippen molar-refractivity contribution in [3.63, 3.8) is 0 Å². The predicted octanol–water partition coefficient (Wildman–Crippen LogP) is 13.1. The summed E-state index contributed by atoms with van der Waals surface area (Å²) in [7, 11) is 0. The van der Waals surface area contributed by atoms with Crippen molar-refractivity contribution in [2.75, 3.05) is 14.7 Å². The van der Waals surface area contributed by atoms with E-state index in [2.05, 4.69) is 201 Å². The van der Waals surface area contributed by atoms with E-state index in [0.717, 1.165) is 19.3 Å². The molecule has 0 spiro atoms. The van der Waals surface area contributed by atoms with E-state index < -0.39 is 0 Å². The Morgan fingerprint density at radius 2 is 1.17 bits per heavy atom. The number of hydrogen-bond acceptors (Lipinski definition) is 3. The average molecular weight is 818 g/mol. The van der Waals surface area contributed by atoms with Gasteiger partial charge in [-0.3, -0.25) is 0 Å². The molecule has 7 aromatic carbocycles. The highest BCUT2D eigenvalue weighted by Crippen LogP contribution is 2.66. The summed E-state index contributed by atoms with van der Waals surface area (Å²) in [5, 5.41) is 0. The third-order valence-electron chi connectivity index (χ3n) is 17.6. The molecule has 4 heteroatoms. The first-order valence-electron chi connectivity index (χ1n) is 23.8. The van der Waals surface area contributed by atoms with Gasteiger partial charge >= 0.3 is 0 Å². The molecular formula is C59H56BN3. The highest BCUT2D eigenvalue weighted by atomic mass is 15.3. The number of anilines is 7. The predicted molar refractivity (Wildman–Crippen MR) is 266 cm³/mol. The van der Waals surface area contributed by atoms with Gasteiger partial charge in [-0.05, 0) is 151 Å². The van der Waals surface area contributed by atoms with E-state index >= 15 is 0 Å². The molecule has 0 radical (unpaired) electrons. The molecule has 2 fully saturated rings. The summed E-state index contributed by atoms with van der Waals surface area (Å²) in [5.74, 6) is 0. The van der Waals surface area contributed by atoms with Crippen LogP contribution >= 0.6 is 0 Å². The normalized spacial score (nSPS) is 25.8. The monoisotopic (exact) mass is 817 g/mol. The van der Waals surface area contributed by atoms with Gasteiger partial charge in [0.25, 0.3) is 6.71 Å². The van der Waals surface area contributed by atoms with Crippen molar-refractivity contribution >= 4 is 62.9 Å². The van der Waals surface area contributed by atoms with E-state index in [4.69, 9.17) is 0 Å². The molecule has 7 aromatic rings. The molecule has 6 aliphatic rings. The average Bonchev–Trinajstić information content (AvgIpc) is 3.67. The van der Waals surface area contributed by atoms with Crippen LogP contribution in [0.15, 0.2) is 152 Å². The molecule has 0 saturated heterocycles. The van der Waals surface area contributed by atoms with Crippen molar-refractivity contribution in [2.24, 2.45) is 0 Å². The molecule has 4 heterocycles. The maximum atomic E-state index is 2.92. The van der Waals surface area contributed by atoms with Crippen LogP contribution in [-0.4, -0.2) is 17.8 Å². The minimum atomic E-state index is -0.166. The molecular weight excluding hydrogens is 761 g/mol. The Morgan fingerprint density at radius 3 is 1.98 bits per heavy atom. The first kappa shape index (κ1) is 37.5.